The van der Waals surface area contributed by atoms with Crippen molar-refractivity contribution < 1.29 is 14.7 Å². The topological polar surface area (TPSA) is 147 Å². The van der Waals surface area contributed by atoms with Gasteiger partial charge in [-0.05, 0) is 104 Å². The van der Waals surface area contributed by atoms with Crippen molar-refractivity contribution in [3.8, 4) is 5.75 Å². The van der Waals surface area contributed by atoms with Gasteiger partial charge in [-0.1, -0.05) is 48.5 Å². The predicted octanol–water partition coefficient (Wildman–Crippen LogP) is 5.40. The largest absolute Gasteiger partial charge is 0.507 e. The van der Waals surface area contributed by atoms with Crippen LogP contribution in [-0.2, 0) is 9.59 Å². The maximum absolute atomic E-state index is 12.2. The number of phenols is 1. The fourth-order valence-electron chi connectivity index (χ4n) is 7.29. The van der Waals surface area contributed by atoms with Gasteiger partial charge in [-0.3, -0.25) is 20.3 Å². The zero-order valence-electron chi connectivity index (χ0n) is 26.8. The average Bonchev–Trinajstić information content (AvgIpc) is 3.08. The molecule has 0 spiro atoms. The maximum atomic E-state index is 12.2. The highest BCUT2D eigenvalue weighted by Crippen LogP contribution is 2.32. The second-order valence-corrected chi connectivity index (χ2v) is 13.1. The van der Waals surface area contributed by atoms with Crippen molar-refractivity contribution in [1.29, 1.82) is 10.8 Å². The summed E-state index contributed by atoms with van der Waals surface area (Å²) in [6.07, 6.45) is 7.10. The number of allylic oxidation sites excluding steroid dienone is 1. The molecule has 6 rings (SSSR count). The number of amidine groups is 1. The highest BCUT2D eigenvalue weighted by atomic mass is 16.3. The van der Waals surface area contributed by atoms with Gasteiger partial charge in [-0.25, -0.2) is 0 Å². The summed E-state index contributed by atoms with van der Waals surface area (Å²) in [7, 11) is 0. The van der Waals surface area contributed by atoms with E-state index in [-0.39, 0.29) is 35.0 Å². The molecule has 0 saturated carbocycles. The van der Waals surface area contributed by atoms with E-state index in [1.807, 2.05) is 24.3 Å². The number of nitrogens with two attached hydrogens (primary N) is 1. The molecule has 3 saturated heterocycles. The minimum Gasteiger partial charge on any atom is -0.507 e. The molecule has 0 aliphatic carbocycles. The Bertz CT molecular complexity index is 1650. The summed E-state index contributed by atoms with van der Waals surface area (Å²) in [5, 5.41) is 29.1. The first kappa shape index (κ1) is 32.2. The van der Waals surface area contributed by atoms with Gasteiger partial charge < -0.3 is 26.0 Å². The Balaban J connectivity index is 0.969. The number of imide groups is 1. The number of nitrogens with zero attached hydrogens (tertiary/aromatic N) is 2. The Morgan fingerprint density at radius 1 is 0.851 bits per heavy atom. The van der Waals surface area contributed by atoms with Crippen LogP contribution in [0.4, 0.5) is 5.69 Å². The Kier molecular flexibility index (Phi) is 9.82. The van der Waals surface area contributed by atoms with Crippen LogP contribution < -0.4 is 16.0 Å². The van der Waals surface area contributed by atoms with Gasteiger partial charge in [0.2, 0.25) is 11.8 Å². The molecule has 0 bridgehead atoms. The summed E-state index contributed by atoms with van der Waals surface area (Å²) in [6.45, 7) is 5.39. The summed E-state index contributed by atoms with van der Waals surface area (Å²) in [5.41, 5.74) is 11.1. The second-order valence-electron chi connectivity index (χ2n) is 13.1. The average molecular weight is 633 g/mol. The summed E-state index contributed by atoms with van der Waals surface area (Å²) in [4.78, 5) is 28.8. The Morgan fingerprint density at radius 3 is 2.15 bits per heavy atom. The number of carbonyl (C=O) groups is 2. The molecule has 47 heavy (non-hydrogen) atoms. The highest BCUT2D eigenvalue weighted by molar-refractivity contribution is 6.27. The van der Waals surface area contributed by atoms with E-state index in [1.165, 1.54) is 24.1 Å². The lowest BCUT2D eigenvalue weighted by Gasteiger charge is -2.38. The van der Waals surface area contributed by atoms with Crippen molar-refractivity contribution >= 4 is 34.6 Å². The Morgan fingerprint density at radius 2 is 1.51 bits per heavy atom. The van der Waals surface area contributed by atoms with Gasteiger partial charge in [-0.2, -0.15) is 0 Å². The molecule has 3 aromatic rings. The van der Waals surface area contributed by atoms with E-state index in [2.05, 4.69) is 39.4 Å². The minimum atomic E-state index is -0.240. The van der Waals surface area contributed by atoms with Crippen LogP contribution in [0.5, 0.6) is 5.75 Å². The van der Waals surface area contributed by atoms with Crippen molar-refractivity contribution in [3.05, 3.63) is 101 Å². The van der Waals surface area contributed by atoms with E-state index in [1.54, 1.807) is 30.3 Å². The van der Waals surface area contributed by atoms with Crippen LogP contribution in [-0.4, -0.2) is 66.1 Å². The fourth-order valence-corrected chi connectivity index (χ4v) is 7.29. The van der Waals surface area contributed by atoms with Crippen molar-refractivity contribution in [3.63, 3.8) is 0 Å². The fraction of sp³-hybridized carbons (Fsp3) is 0.368. The van der Waals surface area contributed by atoms with Crippen LogP contribution in [0.2, 0.25) is 0 Å². The first-order valence-electron chi connectivity index (χ1n) is 16.7. The number of rotatable bonds is 9. The Labute approximate surface area is 276 Å². The molecule has 9 heteroatoms. The standard InChI is InChI=1S/C38H44N6O3/c39-34(32-3-1-2-4-35(32)45)23-33(37(40)41)29-7-5-26(6-8-29)27-17-19-43(20-18-27)24-25-15-21-44(22-16-25)30-11-9-28(10-12-30)31-13-14-36(46)42-38(31)47/h1-12,23,25,27,31,39,45H,13-22,24H2,(H3,40,41)(H,42,46,47)/b33-23-,39-34?. The third-order valence-electron chi connectivity index (χ3n) is 10.1. The lowest BCUT2D eigenvalue weighted by molar-refractivity contribution is -0.134. The number of amides is 2. The number of phenolic OH excluding ortho intramolecular Hbond substituents is 1. The predicted molar refractivity (Wildman–Crippen MR) is 186 cm³/mol. The number of aromatic hydroxyl groups is 1. The van der Waals surface area contributed by atoms with Crippen molar-refractivity contribution in [2.24, 2.45) is 11.7 Å². The van der Waals surface area contributed by atoms with Gasteiger partial charge in [0.15, 0.2) is 0 Å². The molecular formula is C38H44N6O3. The van der Waals surface area contributed by atoms with Crippen molar-refractivity contribution in [2.75, 3.05) is 37.6 Å². The molecule has 3 fully saturated rings. The van der Waals surface area contributed by atoms with Crippen LogP contribution in [0.15, 0.2) is 78.9 Å². The van der Waals surface area contributed by atoms with E-state index in [0.717, 1.165) is 56.7 Å². The van der Waals surface area contributed by atoms with E-state index in [0.29, 0.717) is 35.8 Å². The molecule has 0 aromatic heterocycles. The normalized spacial score (nSPS) is 20.2. The number of nitrogens with one attached hydrogen (secondary N) is 3. The SMILES string of the molecule is N=C(N)/C(=C\C(=N)c1ccccc1O)c1ccc(C2CCN(CC3CCN(c4ccc(C5CCC(=O)NC5=O)cc4)CC3)CC2)cc1. The number of piperidine rings is 3. The van der Waals surface area contributed by atoms with Crippen molar-refractivity contribution in [2.45, 2.75) is 50.4 Å². The number of anilines is 1. The quantitative estimate of drug-likeness (QED) is 0.121. The maximum Gasteiger partial charge on any atom is 0.234 e. The van der Waals surface area contributed by atoms with E-state index >= 15 is 0 Å². The first-order valence-corrected chi connectivity index (χ1v) is 16.7. The number of hydrogen-bond donors (Lipinski definition) is 5. The molecule has 0 radical (unpaired) electrons. The van der Waals surface area contributed by atoms with Gasteiger partial charge >= 0.3 is 0 Å². The first-order chi connectivity index (χ1) is 22.7. The third kappa shape index (κ3) is 7.63. The van der Waals surface area contributed by atoms with E-state index < -0.39 is 0 Å². The summed E-state index contributed by atoms with van der Waals surface area (Å²) < 4.78 is 0. The molecule has 2 amide bonds. The molecule has 6 N–H and O–H groups in total. The Hall–Kier alpha value is -4.76. The highest BCUT2D eigenvalue weighted by Gasteiger charge is 2.29. The van der Waals surface area contributed by atoms with Crippen LogP contribution in [0, 0.1) is 16.7 Å². The molecule has 9 nitrogen and oxygen atoms in total. The minimum absolute atomic E-state index is 0.0273. The third-order valence-corrected chi connectivity index (χ3v) is 10.1. The molecule has 1 unspecified atom stereocenters. The number of benzene rings is 3. The molecular weight excluding hydrogens is 588 g/mol. The number of likely N-dealkylation sites (tertiary alicyclic amines) is 1. The monoisotopic (exact) mass is 632 g/mol. The smallest absolute Gasteiger partial charge is 0.234 e. The molecule has 3 heterocycles. The van der Waals surface area contributed by atoms with Gasteiger partial charge in [0.25, 0.3) is 0 Å². The molecule has 3 aromatic carbocycles. The van der Waals surface area contributed by atoms with E-state index in [4.69, 9.17) is 16.6 Å². The summed E-state index contributed by atoms with van der Waals surface area (Å²) >= 11 is 0. The number of hydrogen-bond acceptors (Lipinski definition) is 7. The molecule has 1 atom stereocenters. The summed E-state index contributed by atoms with van der Waals surface area (Å²) in [5.74, 6) is 0.499. The lowest BCUT2D eigenvalue weighted by Crippen LogP contribution is -2.41. The van der Waals surface area contributed by atoms with Gasteiger partial charge in [0.05, 0.1) is 11.6 Å². The van der Waals surface area contributed by atoms with E-state index in [9.17, 15) is 14.7 Å². The molecule has 3 aliphatic heterocycles. The molecule has 244 valence electrons. The van der Waals surface area contributed by atoms with Gasteiger partial charge in [0, 0.05) is 42.9 Å². The van der Waals surface area contributed by atoms with Crippen LogP contribution in [0.1, 0.15) is 72.6 Å². The summed E-state index contributed by atoms with van der Waals surface area (Å²) in [6, 6.07) is 23.3. The molecule has 3 aliphatic rings. The van der Waals surface area contributed by atoms with Crippen LogP contribution in [0.3, 0.4) is 0 Å². The zero-order valence-corrected chi connectivity index (χ0v) is 26.8. The number of para-hydroxylation sites is 1. The lowest BCUT2D eigenvalue weighted by atomic mass is 9.87. The van der Waals surface area contributed by atoms with Gasteiger partial charge in [-0.15, -0.1) is 0 Å². The van der Waals surface area contributed by atoms with Gasteiger partial charge in [0.1, 0.15) is 11.6 Å². The van der Waals surface area contributed by atoms with Crippen LogP contribution in [0.25, 0.3) is 5.57 Å². The second kappa shape index (κ2) is 14.3. The number of carbonyl (C=O) groups excluding carboxylic acids is 2. The van der Waals surface area contributed by atoms with Crippen LogP contribution >= 0.6 is 0 Å². The zero-order chi connectivity index (χ0) is 32.9. The van der Waals surface area contributed by atoms with Crippen molar-refractivity contribution in [1.82, 2.24) is 10.2 Å².